The molecule has 0 radical (unpaired) electrons. The maximum absolute atomic E-state index is 5.75. The predicted molar refractivity (Wildman–Crippen MR) is 72.9 cm³/mol. The van der Waals surface area contributed by atoms with Crippen molar-refractivity contribution in [1.29, 1.82) is 0 Å². The van der Waals surface area contributed by atoms with Gasteiger partial charge in [0.05, 0.1) is 11.8 Å². The molecule has 2 unspecified atom stereocenters. The van der Waals surface area contributed by atoms with Crippen LogP contribution in [-0.2, 0) is 9.57 Å². The van der Waals surface area contributed by atoms with E-state index in [4.69, 9.17) is 9.57 Å². The van der Waals surface area contributed by atoms with Crippen molar-refractivity contribution in [1.82, 2.24) is 4.90 Å². The molecule has 0 aromatic heterocycles. The zero-order valence-corrected chi connectivity index (χ0v) is 11.7. The molecule has 2 aliphatic heterocycles. The zero-order chi connectivity index (χ0) is 12.8. The summed E-state index contributed by atoms with van der Waals surface area (Å²) in [6.45, 7) is 5.15. The number of oxime groups is 1. The molecule has 0 N–H and O–H groups in total. The van der Waals surface area contributed by atoms with Crippen LogP contribution in [0.5, 0.6) is 0 Å². The highest BCUT2D eigenvalue weighted by Crippen LogP contribution is 2.17. The Balaban J connectivity index is 1.59. The molecule has 0 spiro atoms. The monoisotopic (exact) mass is 254 g/mol. The van der Waals surface area contributed by atoms with Gasteiger partial charge in [0.2, 0.25) is 0 Å². The Kier molecular flexibility index (Phi) is 5.45. The Morgan fingerprint density at radius 3 is 2.89 bits per heavy atom. The second-order valence-electron chi connectivity index (χ2n) is 5.48. The molecule has 104 valence electrons. The molecule has 2 aliphatic rings. The second-order valence-corrected chi connectivity index (χ2v) is 5.48. The summed E-state index contributed by atoms with van der Waals surface area (Å²) in [5.41, 5.74) is 1.20. The lowest BCUT2D eigenvalue weighted by Crippen LogP contribution is -2.32. The van der Waals surface area contributed by atoms with E-state index < -0.39 is 0 Å². The van der Waals surface area contributed by atoms with Crippen molar-refractivity contribution in [2.24, 2.45) is 5.16 Å². The van der Waals surface area contributed by atoms with Gasteiger partial charge in [-0.2, -0.15) is 0 Å². The van der Waals surface area contributed by atoms with Crippen LogP contribution in [0.3, 0.4) is 0 Å². The minimum Gasteiger partial charge on any atom is -0.391 e. The SMILES string of the molecule is CCC1=NOC(CN(C)CCC2CCCCO2)C1. The second kappa shape index (κ2) is 7.10. The molecule has 0 aromatic carbocycles. The van der Waals surface area contributed by atoms with E-state index in [0.29, 0.717) is 6.10 Å². The van der Waals surface area contributed by atoms with Crippen molar-refractivity contribution in [3.05, 3.63) is 0 Å². The van der Waals surface area contributed by atoms with E-state index in [1.54, 1.807) is 0 Å². The van der Waals surface area contributed by atoms with Gasteiger partial charge in [0.1, 0.15) is 6.10 Å². The lowest BCUT2D eigenvalue weighted by Gasteiger charge is -2.26. The Bertz CT molecular complexity index is 275. The van der Waals surface area contributed by atoms with Gasteiger partial charge in [-0.25, -0.2) is 0 Å². The normalized spacial score (nSPS) is 28.3. The van der Waals surface area contributed by atoms with Crippen molar-refractivity contribution in [2.45, 2.75) is 57.7 Å². The molecule has 0 amide bonds. The minimum atomic E-state index is 0.261. The predicted octanol–water partition coefficient (Wildman–Crippen LogP) is 2.43. The van der Waals surface area contributed by atoms with E-state index in [9.17, 15) is 0 Å². The Labute approximate surface area is 110 Å². The number of hydrogen-bond donors (Lipinski definition) is 0. The topological polar surface area (TPSA) is 34.1 Å². The summed E-state index contributed by atoms with van der Waals surface area (Å²) in [4.78, 5) is 7.78. The summed E-state index contributed by atoms with van der Waals surface area (Å²) in [5.74, 6) is 0. The number of ether oxygens (including phenoxy) is 1. The average Bonchev–Trinajstić information content (AvgIpc) is 2.85. The van der Waals surface area contributed by atoms with Crippen LogP contribution in [0.1, 0.15) is 45.4 Å². The van der Waals surface area contributed by atoms with Gasteiger partial charge in [-0.3, -0.25) is 0 Å². The molecule has 0 saturated carbocycles. The Morgan fingerprint density at radius 2 is 2.22 bits per heavy atom. The third-order valence-electron chi connectivity index (χ3n) is 3.82. The summed E-state index contributed by atoms with van der Waals surface area (Å²) in [5, 5.41) is 4.10. The first-order valence-corrected chi connectivity index (χ1v) is 7.29. The molecule has 2 atom stereocenters. The molecular weight excluding hydrogens is 228 g/mol. The summed E-state index contributed by atoms with van der Waals surface area (Å²) in [7, 11) is 2.16. The van der Waals surface area contributed by atoms with Gasteiger partial charge in [-0.1, -0.05) is 12.1 Å². The maximum atomic E-state index is 5.75. The maximum Gasteiger partial charge on any atom is 0.145 e. The van der Waals surface area contributed by atoms with Crippen LogP contribution in [0.15, 0.2) is 5.16 Å². The van der Waals surface area contributed by atoms with Crippen molar-refractivity contribution >= 4 is 5.71 Å². The highest BCUT2D eigenvalue weighted by Gasteiger charge is 2.22. The van der Waals surface area contributed by atoms with E-state index in [0.717, 1.165) is 39.0 Å². The first-order chi connectivity index (χ1) is 8.78. The van der Waals surface area contributed by atoms with Crippen LogP contribution in [0.2, 0.25) is 0 Å². The van der Waals surface area contributed by atoms with Gasteiger partial charge in [0.15, 0.2) is 0 Å². The van der Waals surface area contributed by atoms with Crippen LogP contribution in [0.4, 0.5) is 0 Å². The Hall–Kier alpha value is -0.610. The summed E-state index contributed by atoms with van der Waals surface area (Å²) >= 11 is 0. The third-order valence-corrected chi connectivity index (χ3v) is 3.82. The van der Waals surface area contributed by atoms with Crippen molar-refractivity contribution in [2.75, 3.05) is 26.7 Å². The fraction of sp³-hybridized carbons (Fsp3) is 0.929. The van der Waals surface area contributed by atoms with Gasteiger partial charge < -0.3 is 14.5 Å². The lowest BCUT2D eigenvalue weighted by molar-refractivity contribution is 0.00241. The van der Waals surface area contributed by atoms with Crippen LogP contribution in [0, 0.1) is 0 Å². The van der Waals surface area contributed by atoms with Crippen molar-refractivity contribution in [3.8, 4) is 0 Å². The summed E-state index contributed by atoms with van der Waals surface area (Å²) in [6, 6.07) is 0. The van der Waals surface area contributed by atoms with Gasteiger partial charge in [-0.15, -0.1) is 0 Å². The van der Waals surface area contributed by atoms with Gasteiger partial charge in [0.25, 0.3) is 0 Å². The third kappa shape index (κ3) is 4.25. The van der Waals surface area contributed by atoms with Crippen LogP contribution >= 0.6 is 0 Å². The summed E-state index contributed by atoms with van der Waals surface area (Å²) in [6.07, 6.45) is 7.69. The van der Waals surface area contributed by atoms with Gasteiger partial charge >= 0.3 is 0 Å². The zero-order valence-electron chi connectivity index (χ0n) is 11.7. The average molecular weight is 254 g/mol. The highest BCUT2D eigenvalue weighted by molar-refractivity contribution is 5.85. The molecule has 1 saturated heterocycles. The number of likely N-dealkylation sites (N-methyl/N-ethyl adjacent to an activating group) is 1. The van der Waals surface area contributed by atoms with E-state index >= 15 is 0 Å². The Morgan fingerprint density at radius 1 is 1.33 bits per heavy atom. The molecule has 0 bridgehead atoms. The first-order valence-electron chi connectivity index (χ1n) is 7.29. The fourth-order valence-electron chi connectivity index (χ4n) is 2.63. The molecule has 1 fully saturated rings. The number of nitrogens with zero attached hydrogens (tertiary/aromatic N) is 2. The van der Waals surface area contributed by atoms with E-state index in [1.165, 1.54) is 25.0 Å². The molecular formula is C14H26N2O2. The number of rotatable bonds is 6. The quantitative estimate of drug-likeness (QED) is 0.730. The van der Waals surface area contributed by atoms with Gasteiger partial charge in [0, 0.05) is 26.1 Å². The van der Waals surface area contributed by atoms with Crippen LogP contribution in [0.25, 0.3) is 0 Å². The molecule has 4 nitrogen and oxygen atoms in total. The summed E-state index contributed by atoms with van der Waals surface area (Å²) < 4.78 is 5.75. The molecule has 18 heavy (non-hydrogen) atoms. The molecule has 4 heteroatoms. The largest absolute Gasteiger partial charge is 0.391 e. The lowest BCUT2D eigenvalue weighted by atomic mass is 10.1. The van der Waals surface area contributed by atoms with Crippen molar-refractivity contribution in [3.63, 3.8) is 0 Å². The standard InChI is InChI=1S/C14H26N2O2/c1-3-12-10-14(18-15-12)11-16(2)8-7-13-6-4-5-9-17-13/h13-14H,3-11H2,1-2H3. The van der Waals surface area contributed by atoms with E-state index in [2.05, 4.69) is 24.0 Å². The molecule has 0 aliphatic carbocycles. The van der Waals surface area contributed by atoms with Crippen LogP contribution < -0.4 is 0 Å². The van der Waals surface area contributed by atoms with E-state index in [-0.39, 0.29) is 6.10 Å². The van der Waals surface area contributed by atoms with E-state index in [1.807, 2.05) is 0 Å². The number of hydrogen-bond acceptors (Lipinski definition) is 4. The molecule has 2 heterocycles. The first kappa shape index (κ1) is 13.8. The van der Waals surface area contributed by atoms with Crippen LogP contribution in [-0.4, -0.2) is 49.6 Å². The smallest absolute Gasteiger partial charge is 0.145 e. The molecule has 2 rings (SSSR count). The fourth-order valence-corrected chi connectivity index (χ4v) is 2.63. The minimum absolute atomic E-state index is 0.261. The molecule has 0 aromatic rings. The highest BCUT2D eigenvalue weighted by atomic mass is 16.6. The van der Waals surface area contributed by atoms with Crippen molar-refractivity contribution < 1.29 is 9.57 Å². The van der Waals surface area contributed by atoms with Gasteiger partial charge in [-0.05, 0) is 39.2 Å².